The van der Waals surface area contributed by atoms with Gasteiger partial charge in [0.1, 0.15) is 0 Å². The van der Waals surface area contributed by atoms with Crippen LogP contribution in [0.15, 0.2) is 24.3 Å². The van der Waals surface area contributed by atoms with E-state index in [2.05, 4.69) is 42.8 Å². The summed E-state index contributed by atoms with van der Waals surface area (Å²) in [4.78, 5) is 0. The summed E-state index contributed by atoms with van der Waals surface area (Å²) in [6, 6.07) is 9.13. The van der Waals surface area contributed by atoms with Gasteiger partial charge in [-0.3, -0.25) is 0 Å². The number of anilines is 1. The van der Waals surface area contributed by atoms with Crippen molar-refractivity contribution >= 4 is 17.4 Å². The highest BCUT2D eigenvalue weighted by atomic mass is 32.2. The molecule has 16 heavy (non-hydrogen) atoms. The predicted molar refractivity (Wildman–Crippen MR) is 71.1 cm³/mol. The van der Waals surface area contributed by atoms with Gasteiger partial charge in [-0.2, -0.15) is 11.8 Å². The molecule has 0 amide bonds. The number of rotatable bonds is 4. The molecule has 0 aliphatic carbocycles. The lowest BCUT2D eigenvalue weighted by Crippen LogP contribution is -2.26. The highest BCUT2D eigenvalue weighted by Crippen LogP contribution is 2.20. The largest absolute Gasteiger partial charge is 0.380 e. The predicted octanol–water partition coefficient (Wildman–Crippen LogP) is 3.14. The summed E-state index contributed by atoms with van der Waals surface area (Å²) in [5, 5.41) is 3.56. The monoisotopic (exact) mass is 237 g/mol. The highest BCUT2D eigenvalue weighted by Gasteiger charge is 2.23. The SMILES string of the molecule is CSCc1cccc(NC2CCOC2C)c1. The summed E-state index contributed by atoms with van der Waals surface area (Å²) < 4.78 is 5.55. The van der Waals surface area contributed by atoms with Crippen molar-refractivity contribution in [3.63, 3.8) is 0 Å². The maximum atomic E-state index is 5.55. The standard InChI is InChI=1S/C13H19NOS/c1-10-13(6-7-15-10)14-12-5-3-4-11(8-12)9-16-2/h3-5,8,10,13-14H,6-7,9H2,1-2H3. The number of ether oxygens (including phenoxy) is 1. The summed E-state index contributed by atoms with van der Waals surface area (Å²) in [7, 11) is 0. The van der Waals surface area contributed by atoms with Crippen molar-refractivity contribution in [1.29, 1.82) is 0 Å². The van der Waals surface area contributed by atoms with Crippen LogP contribution in [0, 0.1) is 0 Å². The molecule has 2 rings (SSSR count). The summed E-state index contributed by atoms with van der Waals surface area (Å²) in [5.74, 6) is 1.08. The van der Waals surface area contributed by atoms with Crippen LogP contribution >= 0.6 is 11.8 Å². The Morgan fingerprint density at radius 1 is 1.50 bits per heavy atom. The van der Waals surface area contributed by atoms with E-state index < -0.39 is 0 Å². The first-order chi connectivity index (χ1) is 7.79. The molecule has 0 bridgehead atoms. The van der Waals surface area contributed by atoms with Crippen LogP contribution in [-0.2, 0) is 10.5 Å². The van der Waals surface area contributed by atoms with Crippen LogP contribution in [-0.4, -0.2) is 25.0 Å². The van der Waals surface area contributed by atoms with Crippen molar-refractivity contribution in [1.82, 2.24) is 0 Å². The molecule has 1 aromatic rings. The van der Waals surface area contributed by atoms with Gasteiger partial charge in [0.2, 0.25) is 0 Å². The molecule has 1 saturated heterocycles. The van der Waals surface area contributed by atoms with E-state index in [0.717, 1.165) is 18.8 Å². The van der Waals surface area contributed by atoms with Gasteiger partial charge in [0.25, 0.3) is 0 Å². The molecule has 2 atom stereocenters. The van der Waals surface area contributed by atoms with E-state index in [0.29, 0.717) is 12.1 Å². The third kappa shape index (κ3) is 2.92. The van der Waals surface area contributed by atoms with Gasteiger partial charge >= 0.3 is 0 Å². The minimum atomic E-state index is 0.323. The minimum absolute atomic E-state index is 0.323. The van der Waals surface area contributed by atoms with E-state index in [1.54, 1.807) is 0 Å². The minimum Gasteiger partial charge on any atom is -0.380 e. The lowest BCUT2D eigenvalue weighted by Gasteiger charge is -2.17. The number of nitrogens with one attached hydrogen (secondary N) is 1. The van der Waals surface area contributed by atoms with E-state index in [9.17, 15) is 0 Å². The third-order valence-corrected chi connectivity index (χ3v) is 3.59. The van der Waals surface area contributed by atoms with Crippen molar-refractivity contribution in [2.45, 2.75) is 31.2 Å². The molecule has 1 heterocycles. The summed E-state index contributed by atoms with van der Waals surface area (Å²) in [6.45, 7) is 3.01. The van der Waals surface area contributed by atoms with Gasteiger partial charge in [-0.15, -0.1) is 0 Å². The van der Waals surface area contributed by atoms with Gasteiger partial charge in [0.15, 0.2) is 0 Å². The Bertz CT molecular complexity index is 342. The van der Waals surface area contributed by atoms with Gasteiger partial charge in [-0.25, -0.2) is 0 Å². The second kappa shape index (κ2) is 5.60. The maximum absolute atomic E-state index is 5.55. The van der Waals surface area contributed by atoms with E-state index >= 15 is 0 Å². The van der Waals surface area contributed by atoms with Crippen molar-refractivity contribution in [2.24, 2.45) is 0 Å². The van der Waals surface area contributed by atoms with Crippen LogP contribution in [0.2, 0.25) is 0 Å². The Morgan fingerprint density at radius 2 is 2.38 bits per heavy atom. The van der Waals surface area contributed by atoms with Crippen LogP contribution in [0.3, 0.4) is 0 Å². The fraction of sp³-hybridized carbons (Fsp3) is 0.538. The smallest absolute Gasteiger partial charge is 0.0748 e. The molecule has 88 valence electrons. The van der Waals surface area contributed by atoms with Crippen molar-refractivity contribution < 1.29 is 4.74 Å². The van der Waals surface area contributed by atoms with E-state index in [1.807, 2.05) is 11.8 Å². The molecule has 1 N–H and O–H groups in total. The lowest BCUT2D eigenvalue weighted by molar-refractivity contribution is 0.121. The molecule has 0 radical (unpaired) electrons. The molecule has 0 saturated carbocycles. The normalized spacial score (nSPS) is 24.6. The first-order valence-corrected chi connectivity index (χ1v) is 7.15. The molecule has 3 heteroatoms. The van der Waals surface area contributed by atoms with Crippen molar-refractivity contribution in [2.75, 3.05) is 18.2 Å². The zero-order valence-electron chi connectivity index (χ0n) is 9.90. The van der Waals surface area contributed by atoms with Gasteiger partial charge in [-0.05, 0) is 37.3 Å². The van der Waals surface area contributed by atoms with Gasteiger partial charge in [0, 0.05) is 18.0 Å². The molecule has 0 spiro atoms. The average molecular weight is 237 g/mol. The summed E-state index contributed by atoms with van der Waals surface area (Å²) in [6.07, 6.45) is 3.56. The Hall–Kier alpha value is -0.670. The number of benzene rings is 1. The molecule has 1 fully saturated rings. The first-order valence-electron chi connectivity index (χ1n) is 5.75. The molecule has 2 unspecified atom stereocenters. The average Bonchev–Trinajstić information content (AvgIpc) is 2.66. The Labute approximate surface area is 102 Å². The van der Waals surface area contributed by atoms with Gasteiger partial charge in [-0.1, -0.05) is 12.1 Å². The van der Waals surface area contributed by atoms with Crippen LogP contribution in [0.4, 0.5) is 5.69 Å². The first kappa shape index (κ1) is 11.8. The Morgan fingerprint density at radius 3 is 3.06 bits per heavy atom. The van der Waals surface area contributed by atoms with Crippen LogP contribution < -0.4 is 5.32 Å². The highest BCUT2D eigenvalue weighted by molar-refractivity contribution is 7.97. The summed E-state index contributed by atoms with van der Waals surface area (Å²) in [5.41, 5.74) is 2.60. The molecule has 1 aliphatic rings. The zero-order chi connectivity index (χ0) is 11.4. The molecular weight excluding hydrogens is 218 g/mol. The molecule has 1 aliphatic heterocycles. The van der Waals surface area contributed by atoms with Crippen LogP contribution in [0.1, 0.15) is 18.9 Å². The fourth-order valence-corrected chi connectivity index (χ4v) is 2.57. The Kier molecular flexibility index (Phi) is 4.13. The number of thioether (sulfide) groups is 1. The quantitative estimate of drug-likeness (QED) is 0.869. The lowest BCUT2D eigenvalue weighted by atomic mass is 10.1. The van der Waals surface area contributed by atoms with E-state index in [-0.39, 0.29) is 0 Å². The second-order valence-corrected chi connectivity index (χ2v) is 5.11. The maximum Gasteiger partial charge on any atom is 0.0748 e. The molecule has 0 aromatic heterocycles. The zero-order valence-corrected chi connectivity index (χ0v) is 10.7. The topological polar surface area (TPSA) is 21.3 Å². The number of hydrogen-bond acceptors (Lipinski definition) is 3. The number of hydrogen-bond donors (Lipinski definition) is 1. The van der Waals surface area contributed by atoms with Crippen molar-refractivity contribution in [3.8, 4) is 0 Å². The third-order valence-electron chi connectivity index (χ3n) is 2.97. The van der Waals surface area contributed by atoms with Gasteiger partial charge in [0.05, 0.1) is 12.1 Å². The van der Waals surface area contributed by atoms with E-state index in [4.69, 9.17) is 4.74 Å². The van der Waals surface area contributed by atoms with Crippen LogP contribution in [0.25, 0.3) is 0 Å². The summed E-state index contributed by atoms with van der Waals surface area (Å²) >= 11 is 1.85. The Balaban J connectivity index is 2.00. The van der Waals surface area contributed by atoms with E-state index in [1.165, 1.54) is 11.3 Å². The fourth-order valence-electron chi connectivity index (χ4n) is 2.05. The molecular formula is C13H19NOS. The molecule has 2 nitrogen and oxygen atoms in total. The molecule has 1 aromatic carbocycles. The second-order valence-electron chi connectivity index (χ2n) is 4.25. The van der Waals surface area contributed by atoms with Crippen LogP contribution in [0.5, 0.6) is 0 Å². The van der Waals surface area contributed by atoms with Gasteiger partial charge < -0.3 is 10.1 Å². The van der Waals surface area contributed by atoms with Crippen molar-refractivity contribution in [3.05, 3.63) is 29.8 Å².